The number of carbonyl (C=O) groups is 2. The van der Waals surface area contributed by atoms with Crippen LogP contribution in [0.4, 0.5) is 5.69 Å². The van der Waals surface area contributed by atoms with Crippen molar-refractivity contribution in [2.45, 2.75) is 12.8 Å². The second-order valence-corrected chi connectivity index (χ2v) is 4.87. The second-order valence-electron chi connectivity index (χ2n) is 4.46. The number of aldehydes is 1. The van der Waals surface area contributed by atoms with Gasteiger partial charge in [-0.1, -0.05) is 17.7 Å². The number of benzene rings is 1. The summed E-state index contributed by atoms with van der Waals surface area (Å²) in [5.74, 6) is -0.312. The number of rotatable bonds is 3. The Morgan fingerprint density at radius 3 is 2.61 bits per heavy atom. The first kappa shape index (κ1) is 12.9. The Balaban J connectivity index is 2.19. The Morgan fingerprint density at radius 2 is 2.06 bits per heavy atom. The molecular weight excluding hydrogens is 252 g/mol. The fraction of sp³-hybridized carbons (Fsp3) is 0.385. The van der Waals surface area contributed by atoms with Crippen LogP contribution in [0.2, 0.25) is 5.02 Å². The summed E-state index contributed by atoms with van der Waals surface area (Å²) < 4.78 is 0. The number of carbonyl (C=O) groups excluding carboxylic acids is 2. The van der Waals surface area contributed by atoms with Crippen LogP contribution in [0, 0.1) is 5.92 Å². The average molecular weight is 267 g/mol. The van der Waals surface area contributed by atoms with Crippen LogP contribution in [0.5, 0.6) is 0 Å². The topological polar surface area (TPSA) is 63.4 Å². The zero-order valence-corrected chi connectivity index (χ0v) is 10.7. The minimum absolute atomic E-state index is 0.0663. The molecule has 1 fully saturated rings. The number of anilines is 1. The third-order valence-corrected chi connectivity index (χ3v) is 3.66. The maximum absolute atomic E-state index is 11.1. The van der Waals surface area contributed by atoms with E-state index in [2.05, 4.69) is 0 Å². The molecule has 1 aliphatic heterocycles. The van der Waals surface area contributed by atoms with Crippen molar-refractivity contribution in [1.29, 1.82) is 0 Å². The first-order chi connectivity index (χ1) is 8.63. The number of nitrogens with zero attached hydrogens (tertiary/aromatic N) is 1. The first-order valence-corrected chi connectivity index (χ1v) is 6.29. The molecule has 0 aliphatic carbocycles. The smallest absolute Gasteiger partial charge is 0.220 e. The quantitative estimate of drug-likeness (QED) is 0.850. The molecule has 18 heavy (non-hydrogen) atoms. The van der Waals surface area contributed by atoms with Gasteiger partial charge in [-0.25, -0.2) is 0 Å². The van der Waals surface area contributed by atoms with Gasteiger partial charge in [0.25, 0.3) is 0 Å². The Labute approximate surface area is 111 Å². The van der Waals surface area contributed by atoms with Gasteiger partial charge in [0.1, 0.15) is 0 Å². The van der Waals surface area contributed by atoms with E-state index in [4.69, 9.17) is 17.3 Å². The molecule has 1 aromatic carbocycles. The molecule has 0 spiro atoms. The molecule has 0 bridgehead atoms. The van der Waals surface area contributed by atoms with E-state index in [9.17, 15) is 9.59 Å². The molecule has 0 aromatic heterocycles. The van der Waals surface area contributed by atoms with Gasteiger partial charge < -0.3 is 10.6 Å². The molecular formula is C13H15ClN2O2. The van der Waals surface area contributed by atoms with Crippen molar-refractivity contribution in [3.05, 3.63) is 28.8 Å². The lowest BCUT2D eigenvalue weighted by Crippen LogP contribution is -2.39. The summed E-state index contributed by atoms with van der Waals surface area (Å²) in [7, 11) is 0. The molecule has 2 rings (SSSR count). The van der Waals surface area contributed by atoms with Gasteiger partial charge in [0.2, 0.25) is 5.91 Å². The van der Waals surface area contributed by atoms with Gasteiger partial charge >= 0.3 is 0 Å². The molecule has 1 aromatic rings. The molecule has 0 unspecified atom stereocenters. The van der Waals surface area contributed by atoms with Crippen LogP contribution in [0.25, 0.3) is 0 Å². The van der Waals surface area contributed by atoms with Crippen molar-refractivity contribution in [3.8, 4) is 0 Å². The van der Waals surface area contributed by atoms with Crippen LogP contribution in [-0.2, 0) is 4.79 Å². The van der Waals surface area contributed by atoms with Crippen LogP contribution in [0.15, 0.2) is 18.2 Å². The number of para-hydroxylation sites is 1. The minimum atomic E-state index is -0.246. The molecule has 5 heteroatoms. The summed E-state index contributed by atoms with van der Waals surface area (Å²) >= 11 is 6.15. The predicted octanol–water partition coefficient (Wildman–Crippen LogP) is 1.85. The van der Waals surface area contributed by atoms with E-state index in [-0.39, 0.29) is 11.8 Å². The molecule has 96 valence electrons. The van der Waals surface area contributed by atoms with Crippen molar-refractivity contribution < 1.29 is 9.59 Å². The van der Waals surface area contributed by atoms with Crippen molar-refractivity contribution in [2.75, 3.05) is 18.0 Å². The molecule has 1 saturated heterocycles. The van der Waals surface area contributed by atoms with E-state index in [0.717, 1.165) is 12.0 Å². The summed E-state index contributed by atoms with van der Waals surface area (Å²) in [6, 6.07) is 5.27. The van der Waals surface area contributed by atoms with Crippen molar-refractivity contribution in [3.63, 3.8) is 0 Å². The second kappa shape index (κ2) is 5.40. The highest BCUT2D eigenvalue weighted by Crippen LogP contribution is 2.32. The molecule has 0 saturated carbocycles. The lowest BCUT2D eigenvalue weighted by atomic mass is 9.95. The third kappa shape index (κ3) is 2.48. The van der Waals surface area contributed by atoms with Gasteiger partial charge in [0.05, 0.1) is 10.7 Å². The summed E-state index contributed by atoms with van der Waals surface area (Å²) in [6.07, 6.45) is 2.22. The van der Waals surface area contributed by atoms with Crippen molar-refractivity contribution in [2.24, 2.45) is 11.7 Å². The first-order valence-electron chi connectivity index (χ1n) is 5.91. The van der Waals surface area contributed by atoms with Crippen LogP contribution in [0.1, 0.15) is 23.2 Å². The Bertz CT molecular complexity index is 468. The van der Waals surface area contributed by atoms with E-state index >= 15 is 0 Å². The summed E-state index contributed by atoms with van der Waals surface area (Å²) in [5, 5.41) is 0.567. The Morgan fingerprint density at radius 1 is 1.39 bits per heavy atom. The number of primary amides is 1. The van der Waals surface area contributed by atoms with Gasteiger partial charge in [-0.05, 0) is 25.0 Å². The highest BCUT2D eigenvalue weighted by atomic mass is 35.5. The third-order valence-electron chi connectivity index (χ3n) is 3.36. The van der Waals surface area contributed by atoms with Gasteiger partial charge in [0, 0.05) is 24.6 Å². The average Bonchev–Trinajstić information content (AvgIpc) is 2.38. The largest absolute Gasteiger partial charge is 0.370 e. The summed E-state index contributed by atoms with van der Waals surface area (Å²) in [5.41, 5.74) is 6.64. The van der Waals surface area contributed by atoms with Gasteiger partial charge in [-0.2, -0.15) is 0 Å². The van der Waals surface area contributed by atoms with E-state index in [0.29, 0.717) is 36.5 Å². The standard InChI is InChI=1S/C13H15ClN2O2/c14-11-3-1-2-10(8-17)12(11)16-6-4-9(5-7-16)13(15)18/h1-3,8-9H,4-7H2,(H2,15,18). The van der Waals surface area contributed by atoms with Crippen LogP contribution in [-0.4, -0.2) is 25.3 Å². The van der Waals surface area contributed by atoms with E-state index in [1.807, 2.05) is 4.90 Å². The highest BCUT2D eigenvalue weighted by Gasteiger charge is 2.25. The minimum Gasteiger partial charge on any atom is -0.370 e. The normalized spacial score (nSPS) is 16.6. The number of hydrogen-bond donors (Lipinski definition) is 1. The number of piperidine rings is 1. The van der Waals surface area contributed by atoms with Crippen LogP contribution >= 0.6 is 11.6 Å². The molecule has 0 atom stereocenters. The van der Waals surface area contributed by atoms with Crippen molar-refractivity contribution in [1.82, 2.24) is 0 Å². The molecule has 4 nitrogen and oxygen atoms in total. The fourth-order valence-corrected chi connectivity index (χ4v) is 2.65. The number of hydrogen-bond acceptors (Lipinski definition) is 3. The Kier molecular flexibility index (Phi) is 3.87. The molecule has 1 amide bonds. The fourth-order valence-electron chi connectivity index (χ4n) is 2.35. The number of amides is 1. The number of halogens is 1. The van der Waals surface area contributed by atoms with E-state index < -0.39 is 0 Å². The van der Waals surface area contributed by atoms with Crippen LogP contribution in [0.3, 0.4) is 0 Å². The summed E-state index contributed by atoms with van der Waals surface area (Å²) in [4.78, 5) is 24.2. The monoisotopic (exact) mass is 266 g/mol. The lowest BCUT2D eigenvalue weighted by Gasteiger charge is -2.33. The van der Waals surface area contributed by atoms with Gasteiger partial charge in [-0.3, -0.25) is 9.59 Å². The predicted molar refractivity (Wildman–Crippen MR) is 71.0 cm³/mol. The molecule has 1 aliphatic rings. The summed E-state index contributed by atoms with van der Waals surface area (Å²) in [6.45, 7) is 1.39. The SMILES string of the molecule is NC(=O)C1CCN(c2c(Cl)cccc2C=O)CC1. The van der Waals surface area contributed by atoms with Gasteiger partial charge in [0.15, 0.2) is 6.29 Å². The zero-order chi connectivity index (χ0) is 13.1. The molecule has 0 radical (unpaired) electrons. The maximum atomic E-state index is 11.1. The van der Waals surface area contributed by atoms with E-state index in [1.54, 1.807) is 18.2 Å². The van der Waals surface area contributed by atoms with Crippen LogP contribution < -0.4 is 10.6 Å². The zero-order valence-electron chi connectivity index (χ0n) is 9.93. The van der Waals surface area contributed by atoms with Gasteiger partial charge in [-0.15, -0.1) is 0 Å². The molecule has 1 heterocycles. The van der Waals surface area contributed by atoms with E-state index in [1.165, 1.54) is 0 Å². The number of nitrogens with two attached hydrogens (primary N) is 1. The Hall–Kier alpha value is -1.55. The highest BCUT2D eigenvalue weighted by molar-refractivity contribution is 6.33. The lowest BCUT2D eigenvalue weighted by molar-refractivity contribution is -0.122. The molecule has 2 N–H and O–H groups in total. The van der Waals surface area contributed by atoms with Crippen molar-refractivity contribution >= 4 is 29.5 Å². The maximum Gasteiger partial charge on any atom is 0.220 e.